The van der Waals surface area contributed by atoms with E-state index in [9.17, 15) is 23.1 Å². The molecule has 2 heterocycles. The number of sulfonamides is 1. The number of aliphatic carboxylic acids is 1. The van der Waals surface area contributed by atoms with Gasteiger partial charge in [-0.25, -0.2) is 22.8 Å². The first-order valence-corrected chi connectivity index (χ1v) is 13.4. The number of rotatable bonds is 10. The van der Waals surface area contributed by atoms with E-state index < -0.39 is 40.3 Å². The summed E-state index contributed by atoms with van der Waals surface area (Å²) in [5.74, 6) is -2.42. The van der Waals surface area contributed by atoms with Crippen LogP contribution in [-0.2, 0) is 14.8 Å². The van der Waals surface area contributed by atoms with Crippen LogP contribution < -0.4 is 20.3 Å². The van der Waals surface area contributed by atoms with Gasteiger partial charge in [-0.05, 0) is 55.7 Å². The molecule has 0 aliphatic carbocycles. The van der Waals surface area contributed by atoms with Crippen molar-refractivity contribution in [2.75, 3.05) is 23.3 Å². The smallest absolute Gasteiger partial charge is 0.323 e. The third-order valence-corrected chi connectivity index (χ3v) is 7.49. The van der Waals surface area contributed by atoms with Crippen molar-refractivity contribution in [2.24, 2.45) is 0 Å². The fourth-order valence-electron chi connectivity index (χ4n) is 4.10. The first-order chi connectivity index (χ1) is 18.2. The minimum atomic E-state index is -4.13. The van der Waals surface area contributed by atoms with E-state index in [0.29, 0.717) is 18.2 Å². The lowest BCUT2D eigenvalue weighted by Crippen LogP contribution is -2.48. The van der Waals surface area contributed by atoms with Gasteiger partial charge in [0.15, 0.2) is 0 Å². The van der Waals surface area contributed by atoms with Gasteiger partial charge in [0.1, 0.15) is 18.0 Å². The highest BCUT2D eigenvalue weighted by atomic mass is 32.2. The first-order valence-electron chi connectivity index (χ1n) is 11.9. The van der Waals surface area contributed by atoms with Gasteiger partial charge in [0.05, 0.1) is 10.6 Å². The van der Waals surface area contributed by atoms with E-state index in [-0.39, 0.29) is 16.6 Å². The summed E-state index contributed by atoms with van der Waals surface area (Å²) in [6, 6.07) is 11.3. The minimum Gasteiger partial charge on any atom is -0.480 e. The molecule has 13 heteroatoms. The second kappa shape index (κ2) is 12.0. The fourth-order valence-corrected chi connectivity index (χ4v) is 5.32. The molecule has 1 aliphatic rings. The van der Waals surface area contributed by atoms with Crippen LogP contribution in [0.4, 0.5) is 16.0 Å². The highest BCUT2D eigenvalue weighted by molar-refractivity contribution is 7.89. The summed E-state index contributed by atoms with van der Waals surface area (Å²) in [6.07, 6.45) is 5.53. The van der Waals surface area contributed by atoms with Crippen molar-refractivity contribution in [2.45, 2.75) is 36.4 Å². The molecule has 2 aromatic carbocycles. The van der Waals surface area contributed by atoms with Crippen LogP contribution >= 0.6 is 0 Å². The van der Waals surface area contributed by atoms with Crippen molar-refractivity contribution in [1.82, 2.24) is 20.0 Å². The van der Waals surface area contributed by atoms with Crippen LogP contribution in [-0.4, -0.2) is 60.7 Å². The van der Waals surface area contributed by atoms with Crippen molar-refractivity contribution in [3.05, 3.63) is 78.4 Å². The van der Waals surface area contributed by atoms with Crippen molar-refractivity contribution in [3.8, 4) is 0 Å². The maximum atomic E-state index is 15.2. The Kier molecular flexibility index (Phi) is 8.48. The lowest BCUT2D eigenvalue weighted by molar-refractivity contribution is -0.138. The summed E-state index contributed by atoms with van der Waals surface area (Å²) in [5, 5.41) is 15.0. The lowest BCUT2D eigenvalue weighted by Gasteiger charge is -2.38. The molecule has 2 atom stereocenters. The number of benzene rings is 2. The highest BCUT2D eigenvalue weighted by Gasteiger charge is 2.28. The summed E-state index contributed by atoms with van der Waals surface area (Å²) < 4.78 is 42.2. The van der Waals surface area contributed by atoms with E-state index >= 15 is 4.39 Å². The predicted molar refractivity (Wildman–Crippen MR) is 138 cm³/mol. The molecule has 1 saturated heterocycles. The molecule has 3 aromatic rings. The summed E-state index contributed by atoms with van der Waals surface area (Å²) >= 11 is 0. The Morgan fingerprint density at radius 3 is 2.50 bits per heavy atom. The Morgan fingerprint density at radius 2 is 1.82 bits per heavy atom. The number of amides is 1. The average Bonchev–Trinajstić information content (AvgIpc) is 2.92. The Labute approximate surface area is 219 Å². The lowest BCUT2D eigenvalue weighted by atomic mass is 10.1. The number of halogens is 1. The maximum absolute atomic E-state index is 15.2. The molecule has 4 N–H and O–H groups in total. The third-order valence-electron chi connectivity index (χ3n) is 6.00. The topological polar surface area (TPSA) is 154 Å². The summed E-state index contributed by atoms with van der Waals surface area (Å²) in [4.78, 5) is 34.4. The number of carboxylic acids is 1. The first kappa shape index (κ1) is 26.9. The van der Waals surface area contributed by atoms with Crippen molar-refractivity contribution in [3.63, 3.8) is 0 Å². The molecule has 0 saturated carbocycles. The van der Waals surface area contributed by atoms with Gasteiger partial charge in [0.2, 0.25) is 16.0 Å². The van der Waals surface area contributed by atoms with Crippen molar-refractivity contribution < 1.29 is 27.5 Å². The average molecular weight is 543 g/mol. The number of hydrogen-bond donors (Lipinski definition) is 4. The van der Waals surface area contributed by atoms with Gasteiger partial charge in [-0.1, -0.05) is 18.2 Å². The summed E-state index contributed by atoms with van der Waals surface area (Å²) in [5.41, 5.74) is 0.267. The molecule has 1 aliphatic heterocycles. The molecule has 1 aromatic heterocycles. The molecule has 38 heavy (non-hydrogen) atoms. The van der Waals surface area contributed by atoms with Crippen LogP contribution in [0.1, 0.15) is 29.6 Å². The number of nitrogens with zero attached hydrogens (tertiary/aromatic N) is 3. The highest BCUT2D eigenvalue weighted by Crippen LogP contribution is 2.28. The second-order valence-electron chi connectivity index (χ2n) is 8.62. The molecular weight excluding hydrogens is 515 g/mol. The van der Waals surface area contributed by atoms with Gasteiger partial charge >= 0.3 is 5.97 Å². The van der Waals surface area contributed by atoms with Crippen LogP contribution in [0.2, 0.25) is 0 Å². The van der Waals surface area contributed by atoms with E-state index in [2.05, 4.69) is 25.3 Å². The number of hydrogen-bond acceptors (Lipinski definition) is 8. The van der Waals surface area contributed by atoms with Crippen LogP contribution in [0.25, 0.3) is 0 Å². The van der Waals surface area contributed by atoms with Crippen molar-refractivity contribution in [1.29, 1.82) is 0 Å². The number of carbonyl (C=O) groups excluding carboxylic acids is 1. The molecule has 0 bridgehead atoms. The standard InChI is InChI=1S/C25H27FN6O5S/c26-19-15-17(10-11-21(19)32-14-5-4-9-22(32)30-25-27-12-6-13-28-25)23(33)29-16-20(24(34)35)31-38(36,37)18-7-2-1-3-8-18/h1-3,6-8,10-13,15,20,22,31H,4-5,9,14,16H2,(H,29,33)(H,34,35)(H,27,28,30)/t20-,22?/m0/s1. The molecule has 0 spiro atoms. The van der Waals surface area contributed by atoms with Gasteiger partial charge in [0.25, 0.3) is 5.91 Å². The number of aromatic nitrogens is 2. The molecule has 200 valence electrons. The van der Waals surface area contributed by atoms with Gasteiger partial charge in [-0.15, -0.1) is 0 Å². The Balaban J connectivity index is 1.42. The van der Waals surface area contributed by atoms with E-state index in [0.717, 1.165) is 25.3 Å². The van der Waals surface area contributed by atoms with Gasteiger partial charge in [-0.3, -0.25) is 9.59 Å². The molecule has 1 amide bonds. The van der Waals surface area contributed by atoms with Crippen LogP contribution in [0.15, 0.2) is 71.9 Å². The predicted octanol–water partition coefficient (Wildman–Crippen LogP) is 2.21. The van der Waals surface area contributed by atoms with Gasteiger partial charge in [0, 0.05) is 31.0 Å². The zero-order valence-electron chi connectivity index (χ0n) is 20.2. The van der Waals surface area contributed by atoms with E-state index in [1.54, 1.807) is 24.5 Å². The quantitative estimate of drug-likeness (QED) is 0.302. The Morgan fingerprint density at radius 1 is 1.08 bits per heavy atom. The minimum absolute atomic E-state index is 0.0331. The Hall–Kier alpha value is -4.10. The van der Waals surface area contributed by atoms with E-state index in [4.69, 9.17) is 0 Å². The second-order valence-corrected chi connectivity index (χ2v) is 10.3. The molecule has 1 unspecified atom stereocenters. The summed E-state index contributed by atoms with van der Waals surface area (Å²) in [7, 11) is -4.13. The third kappa shape index (κ3) is 6.61. The van der Waals surface area contributed by atoms with Crippen molar-refractivity contribution >= 4 is 33.5 Å². The van der Waals surface area contributed by atoms with Crippen LogP contribution in [0.3, 0.4) is 0 Å². The zero-order valence-corrected chi connectivity index (χ0v) is 21.1. The van der Waals surface area contributed by atoms with Gasteiger partial charge < -0.3 is 20.6 Å². The Bertz CT molecular complexity index is 1380. The number of piperidine rings is 1. The van der Waals surface area contributed by atoms with Crippen LogP contribution in [0.5, 0.6) is 0 Å². The van der Waals surface area contributed by atoms with E-state index in [1.165, 1.54) is 36.4 Å². The number of carbonyl (C=O) groups is 2. The van der Waals surface area contributed by atoms with E-state index in [1.807, 2.05) is 4.90 Å². The number of carboxylic acid groups (broad SMARTS) is 1. The zero-order chi connectivity index (χ0) is 27.1. The fraction of sp³-hybridized carbons (Fsp3) is 0.280. The SMILES string of the molecule is O=C(NC[C@H](NS(=O)(=O)c1ccccc1)C(=O)O)c1ccc(N2CCCCC2Nc2ncccn2)c(F)c1. The number of nitrogens with one attached hydrogen (secondary N) is 3. The van der Waals surface area contributed by atoms with Gasteiger partial charge in [-0.2, -0.15) is 4.72 Å². The monoisotopic (exact) mass is 542 g/mol. The van der Waals surface area contributed by atoms with Crippen LogP contribution in [0, 0.1) is 5.82 Å². The molecule has 0 radical (unpaired) electrons. The number of anilines is 2. The molecule has 4 rings (SSSR count). The summed E-state index contributed by atoms with van der Waals surface area (Å²) in [6.45, 7) is 0.0492. The molecule has 11 nitrogen and oxygen atoms in total. The largest absolute Gasteiger partial charge is 0.480 e. The normalized spacial score (nSPS) is 16.4. The maximum Gasteiger partial charge on any atom is 0.323 e. The molecular formula is C25H27FN6O5S. The molecule has 1 fully saturated rings.